The van der Waals surface area contributed by atoms with Crippen molar-refractivity contribution in [2.45, 2.75) is 13.3 Å². The van der Waals surface area contributed by atoms with E-state index in [0.29, 0.717) is 19.5 Å². The normalized spacial score (nSPS) is 10.6. The highest BCUT2D eigenvalue weighted by Gasteiger charge is 2.05. The third-order valence-electron chi connectivity index (χ3n) is 2.62. The number of H-pyrrole nitrogens is 1. The summed E-state index contributed by atoms with van der Waals surface area (Å²) in [6.07, 6.45) is 0.685. The first-order valence-electron chi connectivity index (χ1n) is 5.04. The van der Waals surface area contributed by atoms with Crippen LogP contribution in [0.4, 0.5) is 0 Å². The maximum Gasteiger partial charge on any atom is 0.293 e. The second-order valence-electron chi connectivity index (χ2n) is 3.65. The molecule has 0 radical (unpaired) electrons. The van der Waals surface area contributed by atoms with Crippen LogP contribution in [0.1, 0.15) is 11.3 Å². The molecule has 0 fully saturated rings. The number of nitrogens with one attached hydrogen (secondary N) is 1. The second kappa shape index (κ2) is 4.58. The maximum absolute atomic E-state index is 10.0. The summed E-state index contributed by atoms with van der Waals surface area (Å²) in [4.78, 5) is 13.3. The van der Waals surface area contributed by atoms with Crippen molar-refractivity contribution < 1.29 is 9.53 Å². The van der Waals surface area contributed by atoms with Gasteiger partial charge < -0.3 is 9.72 Å². The van der Waals surface area contributed by atoms with Gasteiger partial charge in [0, 0.05) is 28.0 Å². The smallest absolute Gasteiger partial charge is 0.293 e. The Morgan fingerprint density at radius 1 is 1.50 bits per heavy atom. The summed E-state index contributed by atoms with van der Waals surface area (Å²) in [7, 11) is 0. The molecule has 0 saturated heterocycles. The largest absolute Gasteiger partial charge is 0.467 e. The van der Waals surface area contributed by atoms with Gasteiger partial charge in [-0.25, -0.2) is 0 Å². The highest BCUT2D eigenvalue weighted by atomic mass is 35.5. The van der Waals surface area contributed by atoms with Crippen molar-refractivity contribution in [3.05, 3.63) is 34.5 Å². The van der Waals surface area contributed by atoms with Crippen molar-refractivity contribution in [1.29, 1.82) is 0 Å². The Hall–Kier alpha value is -1.48. The Balaban J connectivity index is 2.29. The quantitative estimate of drug-likeness (QED) is 0.656. The molecule has 0 spiro atoms. The van der Waals surface area contributed by atoms with Crippen LogP contribution in [0.25, 0.3) is 10.9 Å². The van der Waals surface area contributed by atoms with E-state index in [9.17, 15) is 4.79 Å². The van der Waals surface area contributed by atoms with Gasteiger partial charge in [-0.05, 0) is 30.7 Å². The van der Waals surface area contributed by atoms with E-state index in [-0.39, 0.29) is 0 Å². The van der Waals surface area contributed by atoms with Crippen molar-refractivity contribution in [3.8, 4) is 0 Å². The van der Waals surface area contributed by atoms with Crippen LogP contribution >= 0.6 is 11.6 Å². The maximum atomic E-state index is 10.0. The first-order chi connectivity index (χ1) is 7.72. The van der Waals surface area contributed by atoms with Gasteiger partial charge in [-0.15, -0.1) is 0 Å². The number of fused-ring (bicyclic) bond motifs is 1. The lowest BCUT2D eigenvalue weighted by molar-refractivity contribution is -0.128. The lowest BCUT2D eigenvalue weighted by Crippen LogP contribution is -1.96. The lowest BCUT2D eigenvalue weighted by Gasteiger charge is -1.97. The van der Waals surface area contributed by atoms with E-state index in [1.807, 2.05) is 25.1 Å². The molecule has 2 aromatic rings. The number of carbonyl (C=O) groups is 1. The molecular weight excluding hydrogens is 226 g/mol. The first kappa shape index (κ1) is 11.0. The summed E-state index contributed by atoms with van der Waals surface area (Å²) in [5.74, 6) is 0. The number of aromatic amines is 1. The van der Waals surface area contributed by atoms with Crippen LogP contribution in [0.3, 0.4) is 0 Å². The molecule has 0 aliphatic carbocycles. The topological polar surface area (TPSA) is 42.1 Å². The fraction of sp³-hybridized carbons (Fsp3) is 0.250. The molecule has 0 aliphatic heterocycles. The Labute approximate surface area is 98.4 Å². The molecule has 84 valence electrons. The minimum atomic E-state index is 0.392. The third-order valence-corrected chi connectivity index (χ3v) is 3.03. The minimum Gasteiger partial charge on any atom is -0.467 e. The van der Waals surface area contributed by atoms with E-state index >= 15 is 0 Å². The van der Waals surface area contributed by atoms with Crippen LogP contribution in [0, 0.1) is 6.92 Å². The zero-order valence-corrected chi connectivity index (χ0v) is 9.67. The molecule has 3 nitrogen and oxygen atoms in total. The van der Waals surface area contributed by atoms with Gasteiger partial charge in [-0.2, -0.15) is 0 Å². The zero-order valence-electron chi connectivity index (χ0n) is 8.92. The van der Waals surface area contributed by atoms with Gasteiger partial charge in [0.25, 0.3) is 6.47 Å². The summed E-state index contributed by atoms with van der Waals surface area (Å²) in [5, 5.41) is 1.88. The molecule has 16 heavy (non-hydrogen) atoms. The van der Waals surface area contributed by atoms with Crippen LogP contribution in [-0.2, 0) is 16.0 Å². The lowest BCUT2D eigenvalue weighted by atomic mass is 10.1. The molecule has 1 heterocycles. The van der Waals surface area contributed by atoms with Crippen LogP contribution < -0.4 is 0 Å². The van der Waals surface area contributed by atoms with Gasteiger partial charge in [0.1, 0.15) is 0 Å². The highest BCUT2D eigenvalue weighted by Crippen LogP contribution is 2.25. The third kappa shape index (κ3) is 2.04. The number of ether oxygens (including phenoxy) is 1. The van der Waals surface area contributed by atoms with E-state index in [4.69, 9.17) is 11.6 Å². The Kier molecular flexibility index (Phi) is 3.15. The monoisotopic (exact) mass is 237 g/mol. The minimum absolute atomic E-state index is 0.392. The van der Waals surface area contributed by atoms with Crippen molar-refractivity contribution in [2.24, 2.45) is 0 Å². The van der Waals surface area contributed by atoms with E-state index in [0.717, 1.165) is 27.2 Å². The molecular formula is C12H12ClNO2. The van der Waals surface area contributed by atoms with Crippen molar-refractivity contribution in [1.82, 2.24) is 4.98 Å². The predicted molar refractivity (Wildman–Crippen MR) is 63.8 cm³/mol. The molecule has 1 N–H and O–H groups in total. The summed E-state index contributed by atoms with van der Waals surface area (Å²) < 4.78 is 4.66. The van der Waals surface area contributed by atoms with Crippen LogP contribution in [0.5, 0.6) is 0 Å². The summed E-state index contributed by atoms with van der Waals surface area (Å²) in [6.45, 7) is 2.85. The SMILES string of the molecule is Cc1c(Cl)ccc2[nH]c(CCOC=O)cc12. The molecule has 0 amide bonds. The summed E-state index contributed by atoms with van der Waals surface area (Å²) >= 11 is 6.04. The van der Waals surface area contributed by atoms with Gasteiger partial charge in [0.15, 0.2) is 0 Å². The molecule has 0 aliphatic rings. The molecule has 1 aromatic heterocycles. The fourth-order valence-corrected chi connectivity index (χ4v) is 1.90. The van der Waals surface area contributed by atoms with Crippen molar-refractivity contribution in [3.63, 3.8) is 0 Å². The number of rotatable bonds is 4. The number of aryl methyl sites for hydroxylation is 1. The number of aromatic nitrogens is 1. The van der Waals surface area contributed by atoms with Gasteiger partial charge in [-0.1, -0.05) is 11.6 Å². The number of carbonyl (C=O) groups excluding carboxylic acids is 1. The molecule has 0 atom stereocenters. The van der Waals surface area contributed by atoms with Gasteiger partial charge in [-0.3, -0.25) is 4.79 Å². The molecule has 0 unspecified atom stereocenters. The summed E-state index contributed by atoms with van der Waals surface area (Å²) in [6, 6.07) is 5.88. The average Bonchev–Trinajstić information content (AvgIpc) is 2.68. The Morgan fingerprint density at radius 3 is 3.06 bits per heavy atom. The Morgan fingerprint density at radius 2 is 2.31 bits per heavy atom. The highest BCUT2D eigenvalue weighted by molar-refractivity contribution is 6.32. The van der Waals surface area contributed by atoms with E-state index in [1.54, 1.807) is 0 Å². The molecule has 1 aromatic carbocycles. The van der Waals surface area contributed by atoms with Gasteiger partial charge in [0.05, 0.1) is 6.61 Å². The van der Waals surface area contributed by atoms with Crippen LogP contribution in [0.2, 0.25) is 5.02 Å². The molecule has 0 saturated carbocycles. The predicted octanol–water partition coefficient (Wildman–Crippen LogP) is 2.85. The number of hydrogen-bond acceptors (Lipinski definition) is 2. The zero-order chi connectivity index (χ0) is 11.5. The second-order valence-corrected chi connectivity index (χ2v) is 4.05. The standard InChI is InChI=1S/C12H12ClNO2/c1-8-10-6-9(4-5-16-7-15)14-12(10)3-2-11(8)13/h2-3,6-7,14H,4-5H2,1H3. The molecule has 2 rings (SSSR count). The Bertz CT molecular complexity index is 519. The number of halogens is 1. The summed E-state index contributed by atoms with van der Waals surface area (Å²) in [5.41, 5.74) is 3.17. The number of hydrogen-bond donors (Lipinski definition) is 1. The van der Waals surface area contributed by atoms with Crippen molar-refractivity contribution in [2.75, 3.05) is 6.61 Å². The fourth-order valence-electron chi connectivity index (χ4n) is 1.73. The van der Waals surface area contributed by atoms with Crippen molar-refractivity contribution >= 4 is 29.0 Å². The van der Waals surface area contributed by atoms with E-state index in [1.165, 1.54) is 0 Å². The average molecular weight is 238 g/mol. The van der Waals surface area contributed by atoms with Crippen LogP contribution in [-0.4, -0.2) is 18.1 Å². The van der Waals surface area contributed by atoms with E-state index in [2.05, 4.69) is 9.72 Å². The van der Waals surface area contributed by atoms with Crippen LogP contribution in [0.15, 0.2) is 18.2 Å². The van der Waals surface area contributed by atoms with Gasteiger partial charge >= 0.3 is 0 Å². The molecule has 4 heteroatoms. The van der Waals surface area contributed by atoms with Gasteiger partial charge in [0.2, 0.25) is 0 Å². The molecule has 0 bridgehead atoms. The first-order valence-corrected chi connectivity index (χ1v) is 5.42. The number of benzene rings is 1. The van der Waals surface area contributed by atoms with E-state index < -0.39 is 0 Å².